The highest BCUT2D eigenvalue weighted by Crippen LogP contribution is 2.35. The van der Waals surface area contributed by atoms with Gasteiger partial charge in [0, 0.05) is 17.8 Å². The molecule has 0 aliphatic heterocycles. The summed E-state index contributed by atoms with van der Waals surface area (Å²) in [6.07, 6.45) is 0.592. The van der Waals surface area contributed by atoms with Crippen molar-refractivity contribution in [3.8, 4) is 11.1 Å². The molecule has 0 saturated heterocycles. The van der Waals surface area contributed by atoms with Crippen molar-refractivity contribution in [2.45, 2.75) is 0 Å². The number of nitro benzene ring substituents is 1. The van der Waals surface area contributed by atoms with Gasteiger partial charge in [-0.05, 0) is 29.3 Å². The molecule has 1 amide bonds. The van der Waals surface area contributed by atoms with Crippen LogP contribution in [0.3, 0.4) is 0 Å². The fourth-order valence-corrected chi connectivity index (χ4v) is 2.73. The van der Waals surface area contributed by atoms with Crippen LogP contribution in [0.1, 0.15) is 0 Å². The minimum atomic E-state index is -0.525. The van der Waals surface area contributed by atoms with E-state index < -0.39 is 4.92 Å². The van der Waals surface area contributed by atoms with Crippen LogP contribution in [0.2, 0.25) is 5.02 Å². The number of benzene rings is 3. The van der Waals surface area contributed by atoms with Crippen molar-refractivity contribution < 1.29 is 9.72 Å². The van der Waals surface area contributed by atoms with Crippen LogP contribution in [0.25, 0.3) is 11.1 Å². The second kappa shape index (κ2) is 7.15. The van der Waals surface area contributed by atoms with Gasteiger partial charge in [-0.2, -0.15) is 0 Å². The maximum absolute atomic E-state index is 11.7. The molecule has 3 aromatic rings. The lowest BCUT2D eigenvalue weighted by Crippen LogP contribution is -2.14. The van der Waals surface area contributed by atoms with Crippen LogP contribution in [0.5, 0.6) is 0 Å². The number of anilines is 2. The molecule has 0 unspecified atom stereocenters. The predicted octanol–water partition coefficient (Wildman–Crippen LogP) is 5.21. The van der Waals surface area contributed by atoms with Crippen LogP contribution >= 0.6 is 11.6 Å². The summed E-state index contributed by atoms with van der Waals surface area (Å²) in [7, 11) is 0. The number of amides is 1. The van der Waals surface area contributed by atoms with E-state index in [1.807, 2.05) is 48.5 Å². The van der Waals surface area contributed by atoms with Gasteiger partial charge in [0.15, 0.2) is 0 Å². The summed E-state index contributed by atoms with van der Waals surface area (Å²) in [6.45, 7) is 0. The van der Waals surface area contributed by atoms with E-state index in [9.17, 15) is 14.9 Å². The topological polar surface area (TPSA) is 63.5 Å². The van der Waals surface area contributed by atoms with Crippen LogP contribution in [-0.4, -0.2) is 11.3 Å². The van der Waals surface area contributed by atoms with E-state index in [2.05, 4.69) is 0 Å². The molecule has 0 bridgehead atoms. The smallest absolute Gasteiger partial charge is 0.271 e. The van der Waals surface area contributed by atoms with E-state index in [1.54, 1.807) is 6.07 Å². The Kier molecular flexibility index (Phi) is 4.77. The molecule has 0 spiro atoms. The van der Waals surface area contributed by atoms with Crippen LogP contribution in [0.15, 0.2) is 72.8 Å². The van der Waals surface area contributed by atoms with Gasteiger partial charge in [-0.25, -0.2) is 0 Å². The Balaban J connectivity index is 2.07. The maximum Gasteiger partial charge on any atom is 0.271 e. The first-order chi connectivity index (χ1) is 12.1. The van der Waals surface area contributed by atoms with Crippen molar-refractivity contribution >= 4 is 35.1 Å². The Morgan fingerprint density at radius 1 is 0.920 bits per heavy atom. The van der Waals surface area contributed by atoms with Crippen LogP contribution < -0.4 is 4.90 Å². The molecule has 0 fully saturated rings. The zero-order chi connectivity index (χ0) is 17.8. The van der Waals surface area contributed by atoms with Gasteiger partial charge in [-0.15, -0.1) is 0 Å². The third kappa shape index (κ3) is 3.51. The Bertz CT molecular complexity index is 929. The molecule has 6 heteroatoms. The molecule has 0 N–H and O–H groups in total. The lowest BCUT2D eigenvalue weighted by molar-refractivity contribution is -0.384. The van der Waals surface area contributed by atoms with E-state index in [0.29, 0.717) is 12.1 Å². The average Bonchev–Trinajstić information content (AvgIpc) is 2.64. The quantitative estimate of drug-likeness (QED) is 0.359. The SMILES string of the molecule is O=CN(c1cccc(-c2ccccc2)c1)c1cc([N+](=O)[O-])ccc1Cl. The molecule has 124 valence electrons. The van der Waals surface area contributed by atoms with Gasteiger partial charge in [-0.1, -0.05) is 54.1 Å². The number of carbonyl (C=O) groups is 1. The molecule has 0 radical (unpaired) electrons. The molecule has 5 nitrogen and oxygen atoms in total. The van der Waals surface area contributed by atoms with Crippen molar-refractivity contribution in [1.29, 1.82) is 0 Å². The molecule has 0 aliphatic carbocycles. The third-order valence-electron chi connectivity index (χ3n) is 3.74. The summed E-state index contributed by atoms with van der Waals surface area (Å²) in [6, 6.07) is 21.0. The first-order valence-corrected chi connectivity index (χ1v) is 7.82. The van der Waals surface area contributed by atoms with E-state index in [-0.39, 0.29) is 16.4 Å². The van der Waals surface area contributed by atoms with Gasteiger partial charge in [0.2, 0.25) is 6.41 Å². The predicted molar refractivity (Wildman–Crippen MR) is 98.2 cm³/mol. The Labute approximate surface area is 149 Å². The van der Waals surface area contributed by atoms with Gasteiger partial charge in [0.1, 0.15) is 0 Å². The average molecular weight is 353 g/mol. The van der Waals surface area contributed by atoms with E-state index in [0.717, 1.165) is 11.1 Å². The fraction of sp³-hybridized carbons (Fsp3) is 0. The molecule has 0 saturated carbocycles. The van der Waals surface area contributed by atoms with Gasteiger partial charge < -0.3 is 0 Å². The molecular weight excluding hydrogens is 340 g/mol. The number of hydrogen-bond donors (Lipinski definition) is 0. The molecule has 0 aromatic heterocycles. The van der Waals surface area contributed by atoms with Crippen molar-refractivity contribution in [2.24, 2.45) is 0 Å². The monoisotopic (exact) mass is 352 g/mol. The minimum absolute atomic E-state index is 0.134. The van der Waals surface area contributed by atoms with E-state index >= 15 is 0 Å². The van der Waals surface area contributed by atoms with Gasteiger partial charge in [0.25, 0.3) is 5.69 Å². The van der Waals surface area contributed by atoms with E-state index in [4.69, 9.17) is 11.6 Å². The molecular formula is C19H13ClN2O3. The minimum Gasteiger partial charge on any atom is -0.282 e. The zero-order valence-electron chi connectivity index (χ0n) is 13.0. The van der Waals surface area contributed by atoms with Gasteiger partial charge in [-0.3, -0.25) is 19.8 Å². The van der Waals surface area contributed by atoms with Gasteiger partial charge >= 0.3 is 0 Å². The van der Waals surface area contributed by atoms with Crippen molar-refractivity contribution in [3.05, 3.63) is 87.9 Å². The fourth-order valence-electron chi connectivity index (χ4n) is 2.52. The van der Waals surface area contributed by atoms with Gasteiger partial charge in [0.05, 0.1) is 15.6 Å². The molecule has 0 heterocycles. The van der Waals surface area contributed by atoms with Crippen LogP contribution in [0.4, 0.5) is 17.1 Å². The maximum atomic E-state index is 11.7. The molecule has 3 rings (SSSR count). The Morgan fingerprint density at radius 3 is 2.32 bits per heavy atom. The standard InChI is InChI=1S/C19H13ClN2O3/c20-18-10-9-17(22(24)25)12-19(18)21(13-23)16-8-4-7-15(11-16)14-5-2-1-3-6-14/h1-13H. The van der Waals surface area contributed by atoms with E-state index in [1.165, 1.54) is 23.1 Å². The van der Waals surface area contributed by atoms with Crippen molar-refractivity contribution in [2.75, 3.05) is 4.90 Å². The number of nitro groups is 1. The van der Waals surface area contributed by atoms with Crippen LogP contribution in [-0.2, 0) is 4.79 Å². The normalized spacial score (nSPS) is 10.3. The molecule has 0 aliphatic rings. The summed E-state index contributed by atoms with van der Waals surface area (Å²) in [4.78, 5) is 23.5. The number of non-ortho nitro benzene ring substituents is 1. The highest BCUT2D eigenvalue weighted by Gasteiger charge is 2.17. The number of halogens is 1. The summed E-state index contributed by atoms with van der Waals surface area (Å²) in [5.41, 5.74) is 2.62. The van der Waals surface area contributed by atoms with Crippen molar-refractivity contribution in [3.63, 3.8) is 0 Å². The Morgan fingerprint density at radius 2 is 1.64 bits per heavy atom. The summed E-state index contributed by atoms with van der Waals surface area (Å²) < 4.78 is 0. The largest absolute Gasteiger partial charge is 0.282 e. The highest BCUT2D eigenvalue weighted by molar-refractivity contribution is 6.34. The first-order valence-electron chi connectivity index (χ1n) is 7.44. The Hall–Kier alpha value is -3.18. The van der Waals surface area contributed by atoms with Crippen molar-refractivity contribution in [1.82, 2.24) is 0 Å². The second-order valence-corrected chi connectivity index (χ2v) is 5.69. The zero-order valence-corrected chi connectivity index (χ0v) is 13.8. The molecule has 3 aromatic carbocycles. The summed E-state index contributed by atoms with van der Waals surface area (Å²) in [5, 5.41) is 11.3. The third-order valence-corrected chi connectivity index (χ3v) is 4.06. The first kappa shape index (κ1) is 16.7. The highest BCUT2D eigenvalue weighted by atomic mass is 35.5. The summed E-state index contributed by atoms with van der Waals surface area (Å²) in [5.74, 6) is 0. The second-order valence-electron chi connectivity index (χ2n) is 5.28. The molecule has 25 heavy (non-hydrogen) atoms. The molecule has 0 atom stereocenters. The number of hydrogen-bond acceptors (Lipinski definition) is 3. The lowest BCUT2D eigenvalue weighted by Gasteiger charge is -2.19. The number of nitrogens with zero attached hydrogens (tertiary/aromatic N) is 2. The number of carbonyl (C=O) groups excluding carboxylic acids is 1. The lowest BCUT2D eigenvalue weighted by atomic mass is 10.0. The van der Waals surface area contributed by atoms with Crippen LogP contribution in [0, 0.1) is 10.1 Å². The summed E-state index contributed by atoms with van der Waals surface area (Å²) >= 11 is 6.16. The number of rotatable bonds is 5.